The van der Waals surface area contributed by atoms with E-state index in [9.17, 15) is 9.90 Å². The van der Waals surface area contributed by atoms with Gasteiger partial charge in [-0.1, -0.05) is 6.92 Å². The van der Waals surface area contributed by atoms with Crippen molar-refractivity contribution >= 4 is 5.97 Å². The van der Waals surface area contributed by atoms with E-state index in [-0.39, 0.29) is 17.8 Å². The molecule has 0 atom stereocenters. The van der Waals surface area contributed by atoms with Gasteiger partial charge in [-0.05, 0) is 32.6 Å². The number of aliphatic hydroxyl groups is 1. The molecule has 1 saturated carbocycles. The summed E-state index contributed by atoms with van der Waals surface area (Å²) in [5, 5.41) is 9.35. The SMILES string of the molecule is CCC(O)=C(C)C(=O)OC1CCCC1. The van der Waals surface area contributed by atoms with Crippen LogP contribution >= 0.6 is 0 Å². The molecule has 1 fully saturated rings. The van der Waals surface area contributed by atoms with Crippen molar-refractivity contribution in [1.82, 2.24) is 0 Å². The highest BCUT2D eigenvalue weighted by molar-refractivity contribution is 5.88. The molecule has 0 aromatic carbocycles. The third-order valence-electron chi connectivity index (χ3n) is 2.65. The van der Waals surface area contributed by atoms with Crippen LogP contribution in [-0.2, 0) is 9.53 Å². The van der Waals surface area contributed by atoms with Crippen molar-refractivity contribution in [2.24, 2.45) is 0 Å². The van der Waals surface area contributed by atoms with Crippen LogP contribution in [0.1, 0.15) is 46.0 Å². The van der Waals surface area contributed by atoms with E-state index in [1.165, 1.54) is 0 Å². The first-order valence-electron chi connectivity index (χ1n) is 5.24. The molecule has 0 radical (unpaired) electrons. The Balaban J connectivity index is 2.48. The minimum absolute atomic E-state index is 0.0714. The molecule has 0 bridgehead atoms. The highest BCUT2D eigenvalue weighted by Crippen LogP contribution is 2.22. The van der Waals surface area contributed by atoms with Gasteiger partial charge < -0.3 is 9.84 Å². The number of aliphatic hydroxyl groups excluding tert-OH is 1. The lowest BCUT2D eigenvalue weighted by molar-refractivity contribution is -0.144. The predicted octanol–water partition coefficient (Wildman–Crippen LogP) is 2.71. The van der Waals surface area contributed by atoms with Crippen LogP contribution in [0.5, 0.6) is 0 Å². The van der Waals surface area contributed by atoms with Crippen molar-refractivity contribution in [2.45, 2.75) is 52.1 Å². The van der Waals surface area contributed by atoms with Gasteiger partial charge in [-0.3, -0.25) is 0 Å². The van der Waals surface area contributed by atoms with Crippen LogP contribution in [0.15, 0.2) is 11.3 Å². The van der Waals surface area contributed by atoms with Crippen LogP contribution < -0.4 is 0 Å². The molecule has 3 nitrogen and oxygen atoms in total. The molecule has 3 heteroatoms. The Morgan fingerprint density at radius 2 is 2.00 bits per heavy atom. The second-order valence-electron chi connectivity index (χ2n) is 3.74. The molecule has 1 N–H and O–H groups in total. The van der Waals surface area contributed by atoms with E-state index in [4.69, 9.17) is 4.74 Å². The van der Waals surface area contributed by atoms with E-state index >= 15 is 0 Å². The molecular formula is C11H18O3. The van der Waals surface area contributed by atoms with Crippen LogP contribution in [0.3, 0.4) is 0 Å². The maximum Gasteiger partial charge on any atom is 0.337 e. The number of rotatable bonds is 3. The summed E-state index contributed by atoms with van der Waals surface area (Å²) in [5.74, 6) is -0.232. The minimum atomic E-state index is -0.365. The van der Waals surface area contributed by atoms with Gasteiger partial charge in [0.1, 0.15) is 11.9 Å². The molecule has 0 spiro atoms. The molecule has 0 aliphatic heterocycles. The zero-order chi connectivity index (χ0) is 10.6. The van der Waals surface area contributed by atoms with Crippen molar-refractivity contribution in [1.29, 1.82) is 0 Å². The summed E-state index contributed by atoms with van der Waals surface area (Å²) >= 11 is 0. The number of allylic oxidation sites excluding steroid dienone is 1. The van der Waals surface area contributed by atoms with Crippen LogP contribution in [0, 0.1) is 0 Å². The number of carbonyl (C=O) groups is 1. The quantitative estimate of drug-likeness (QED) is 0.431. The zero-order valence-corrected chi connectivity index (χ0v) is 8.88. The standard InChI is InChI=1S/C11H18O3/c1-3-10(12)8(2)11(13)14-9-6-4-5-7-9/h9,12H,3-7H2,1-2H3. The number of hydrogen-bond donors (Lipinski definition) is 1. The van der Waals surface area contributed by atoms with Crippen molar-refractivity contribution in [2.75, 3.05) is 0 Å². The average Bonchev–Trinajstić information content (AvgIpc) is 2.68. The third-order valence-corrected chi connectivity index (χ3v) is 2.65. The maximum atomic E-state index is 11.5. The fourth-order valence-electron chi connectivity index (χ4n) is 1.63. The highest BCUT2D eigenvalue weighted by Gasteiger charge is 2.20. The second kappa shape index (κ2) is 5.03. The van der Waals surface area contributed by atoms with Gasteiger partial charge in [0, 0.05) is 6.42 Å². The Morgan fingerprint density at radius 3 is 2.50 bits per heavy atom. The summed E-state index contributed by atoms with van der Waals surface area (Å²) in [6, 6.07) is 0. The smallest absolute Gasteiger partial charge is 0.337 e. The lowest BCUT2D eigenvalue weighted by atomic mass is 10.2. The molecule has 1 aliphatic rings. The van der Waals surface area contributed by atoms with Crippen LogP contribution in [0.25, 0.3) is 0 Å². The van der Waals surface area contributed by atoms with Crippen molar-refractivity contribution < 1.29 is 14.6 Å². The van der Waals surface area contributed by atoms with Gasteiger partial charge in [-0.2, -0.15) is 0 Å². The van der Waals surface area contributed by atoms with Gasteiger partial charge in [0.15, 0.2) is 0 Å². The normalized spacial score (nSPS) is 19.3. The van der Waals surface area contributed by atoms with Gasteiger partial charge in [0.2, 0.25) is 0 Å². The molecule has 14 heavy (non-hydrogen) atoms. The fraction of sp³-hybridized carbons (Fsp3) is 0.727. The Morgan fingerprint density at radius 1 is 1.43 bits per heavy atom. The van der Waals surface area contributed by atoms with Gasteiger partial charge in [0.05, 0.1) is 5.57 Å². The molecule has 0 saturated heterocycles. The third kappa shape index (κ3) is 2.76. The Hall–Kier alpha value is -0.990. The monoisotopic (exact) mass is 198 g/mol. The van der Waals surface area contributed by atoms with Gasteiger partial charge in [-0.25, -0.2) is 4.79 Å². The van der Waals surface area contributed by atoms with Crippen molar-refractivity contribution in [3.63, 3.8) is 0 Å². The first kappa shape index (κ1) is 11.1. The topological polar surface area (TPSA) is 46.5 Å². The second-order valence-corrected chi connectivity index (χ2v) is 3.74. The summed E-state index contributed by atoms with van der Waals surface area (Å²) in [6.07, 6.45) is 4.76. The molecule has 0 aromatic heterocycles. The zero-order valence-electron chi connectivity index (χ0n) is 8.88. The van der Waals surface area contributed by atoms with Crippen LogP contribution in [0.4, 0.5) is 0 Å². The first-order chi connectivity index (χ1) is 6.65. The largest absolute Gasteiger partial charge is 0.512 e. The van der Waals surface area contributed by atoms with E-state index in [0.29, 0.717) is 12.0 Å². The predicted molar refractivity (Wildman–Crippen MR) is 54.0 cm³/mol. The van der Waals surface area contributed by atoms with Crippen LogP contribution in [-0.4, -0.2) is 17.2 Å². The summed E-state index contributed by atoms with van der Waals surface area (Å²) in [4.78, 5) is 11.5. The average molecular weight is 198 g/mol. The summed E-state index contributed by atoms with van der Waals surface area (Å²) in [6.45, 7) is 3.41. The molecular weight excluding hydrogens is 180 g/mol. The van der Waals surface area contributed by atoms with Gasteiger partial charge in [-0.15, -0.1) is 0 Å². The number of ether oxygens (including phenoxy) is 1. The van der Waals surface area contributed by atoms with E-state index in [1.807, 2.05) is 6.92 Å². The van der Waals surface area contributed by atoms with Gasteiger partial charge in [0.25, 0.3) is 0 Å². The van der Waals surface area contributed by atoms with Crippen molar-refractivity contribution in [3.05, 3.63) is 11.3 Å². The Bertz CT molecular complexity index is 237. The molecule has 0 aromatic rings. The van der Waals surface area contributed by atoms with Crippen LogP contribution in [0.2, 0.25) is 0 Å². The first-order valence-corrected chi connectivity index (χ1v) is 5.24. The highest BCUT2D eigenvalue weighted by atomic mass is 16.5. The molecule has 0 amide bonds. The Kier molecular flexibility index (Phi) is 3.98. The van der Waals surface area contributed by atoms with E-state index in [1.54, 1.807) is 6.92 Å². The molecule has 0 heterocycles. The molecule has 1 rings (SSSR count). The summed E-state index contributed by atoms with van der Waals surface area (Å²) in [5.41, 5.74) is 0.347. The lowest BCUT2D eigenvalue weighted by Crippen LogP contribution is -2.16. The van der Waals surface area contributed by atoms with Gasteiger partial charge >= 0.3 is 5.97 Å². The fourth-order valence-corrected chi connectivity index (χ4v) is 1.63. The summed E-state index contributed by atoms with van der Waals surface area (Å²) < 4.78 is 5.24. The molecule has 1 aliphatic carbocycles. The Labute approximate surface area is 84.8 Å². The summed E-state index contributed by atoms with van der Waals surface area (Å²) in [7, 11) is 0. The molecule has 0 unspecified atom stereocenters. The van der Waals surface area contributed by atoms with E-state index in [2.05, 4.69) is 0 Å². The number of esters is 1. The minimum Gasteiger partial charge on any atom is -0.512 e. The number of carbonyl (C=O) groups excluding carboxylic acids is 1. The lowest BCUT2D eigenvalue weighted by Gasteiger charge is -2.11. The van der Waals surface area contributed by atoms with E-state index < -0.39 is 0 Å². The van der Waals surface area contributed by atoms with E-state index in [0.717, 1.165) is 25.7 Å². The maximum absolute atomic E-state index is 11.5. The molecule has 80 valence electrons. The van der Waals surface area contributed by atoms with Crippen molar-refractivity contribution in [3.8, 4) is 0 Å². The number of hydrogen-bond acceptors (Lipinski definition) is 3.